The summed E-state index contributed by atoms with van der Waals surface area (Å²) in [6, 6.07) is 1.82. The zero-order valence-electron chi connectivity index (χ0n) is 15.4. The second-order valence-electron chi connectivity index (χ2n) is 6.51. The lowest BCUT2D eigenvalue weighted by atomic mass is 10.0. The van der Waals surface area contributed by atoms with Crippen molar-refractivity contribution in [3.63, 3.8) is 0 Å². The highest BCUT2D eigenvalue weighted by atomic mass is 35.5. The Labute approximate surface area is 164 Å². The number of halogens is 1. The molecule has 1 amide bonds. The fourth-order valence-electron chi connectivity index (χ4n) is 3.51. The van der Waals surface area contributed by atoms with Gasteiger partial charge in [-0.25, -0.2) is 9.59 Å². The number of non-ortho nitro benzene ring substituents is 1. The van der Waals surface area contributed by atoms with E-state index in [4.69, 9.17) is 16.3 Å². The third-order valence-corrected chi connectivity index (χ3v) is 5.18. The summed E-state index contributed by atoms with van der Waals surface area (Å²) >= 11 is 6.11. The van der Waals surface area contributed by atoms with E-state index < -0.39 is 28.3 Å². The van der Waals surface area contributed by atoms with Crippen molar-refractivity contribution in [2.45, 2.75) is 25.8 Å². The van der Waals surface area contributed by atoms with Crippen molar-refractivity contribution in [1.82, 2.24) is 14.0 Å². The van der Waals surface area contributed by atoms with E-state index in [9.17, 15) is 24.5 Å². The lowest BCUT2D eigenvalue weighted by molar-refractivity contribution is -0.384. The number of ether oxygens (including phenoxy) is 1. The van der Waals surface area contributed by atoms with Crippen LogP contribution in [0.5, 0.6) is 0 Å². The summed E-state index contributed by atoms with van der Waals surface area (Å²) in [5.41, 5.74) is -1.35. The number of piperidine rings is 1. The van der Waals surface area contributed by atoms with Gasteiger partial charge in [-0.2, -0.15) is 0 Å². The molecule has 0 atom stereocenters. The van der Waals surface area contributed by atoms with Crippen molar-refractivity contribution in [3.05, 3.63) is 48.1 Å². The largest absolute Gasteiger partial charge is 0.450 e. The minimum atomic E-state index is -0.641. The first kappa shape index (κ1) is 19.9. The van der Waals surface area contributed by atoms with Crippen molar-refractivity contribution in [2.75, 3.05) is 19.7 Å². The van der Waals surface area contributed by atoms with Crippen LogP contribution in [0.15, 0.2) is 21.7 Å². The van der Waals surface area contributed by atoms with E-state index in [0.717, 1.165) is 16.7 Å². The van der Waals surface area contributed by atoms with Gasteiger partial charge in [-0.1, -0.05) is 11.6 Å². The molecule has 0 unspecified atom stereocenters. The molecule has 28 heavy (non-hydrogen) atoms. The number of amides is 1. The zero-order valence-corrected chi connectivity index (χ0v) is 16.1. The molecule has 0 bridgehead atoms. The van der Waals surface area contributed by atoms with Gasteiger partial charge in [-0.05, 0) is 19.8 Å². The molecule has 0 N–H and O–H groups in total. The number of fused-ring (bicyclic) bond motifs is 1. The second-order valence-corrected chi connectivity index (χ2v) is 6.92. The molecule has 2 aromatic rings. The lowest BCUT2D eigenvalue weighted by Crippen LogP contribution is -2.46. The predicted octanol–water partition coefficient (Wildman–Crippen LogP) is 2.06. The van der Waals surface area contributed by atoms with Crippen LogP contribution in [0.4, 0.5) is 10.5 Å². The first-order chi connectivity index (χ1) is 13.3. The Morgan fingerprint density at radius 3 is 2.54 bits per heavy atom. The molecule has 1 aliphatic rings. The Bertz CT molecular complexity index is 1070. The molecule has 2 heterocycles. The highest BCUT2D eigenvalue weighted by Gasteiger charge is 2.28. The molecular weight excluding hydrogens is 392 g/mol. The van der Waals surface area contributed by atoms with E-state index in [1.807, 2.05) is 0 Å². The third-order valence-electron chi connectivity index (χ3n) is 4.89. The van der Waals surface area contributed by atoms with E-state index in [2.05, 4.69) is 0 Å². The van der Waals surface area contributed by atoms with Gasteiger partial charge < -0.3 is 9.64 Å². The molecule has 1 aromatic heterocycles. The first-order valence-corrected chi connectivity index (χ1v) is 9.15. The number of aryl methyl sites for hydroxylation is 1. The second kappa shape index (κ2) is 7.63. The maximum Gasteiger partial charge on any atom is 0.409 e. The van der Waals surface area contributed by atoms with Gasteiger partial charge in [0.15, 0.2) is 0 Å². The maximum atomic E-state index is 13.0. The van der Waals surface area contributed by atoms with E-state index in [0.29, 0.717) is 25.9 Å². The van der Waals surface area contributed by atoms with Gasteiger partial charge in [-0.3, -0.25) is 24.0 Å². The van der Waals surface area contributed by atoms with Crippen LogP contribution in [0.1, 0.15) is 25.8 Å². The topological polar surface area (TPSA) is 117 Å². The van der Waals surface area contributed by atoms with Crippen LogP contribution in [-0.2, 0) is 11.8 Å². The summed E-state index contributed by atoms with van der Waals surface area (Å²) in [4.78, 5) is 49.7. The SMILES string of the molecule is CCOC(=O)N1CCC(n2c(=O)c3cc([N+](=O)[O-])cc(Cl)c3n(C)c2=O)CC1. The highest BCUT2D eigenvalue weighted by Crippen LogP contribution is 2.27. The van der Waals surface area contributed by atoms with Crippen LogP contribution in [0.25, 0.3) is 10.9 Å². The molecule has 0 spiro atoms. The number of nitro benzene ring substituents is 1. The molecule has 0 saturated carbocycles. The van der Waals surface area contributed by atoms with E-state index >= 15 is 0 Å². The summed E-state index contributed by atoms with van der Waals surface area (Å²) in [7, 11) is 1.46. The smallest absolute Gasteiger partial charge is 0.409 e. The first-order valence-electron chi connectivity index (χ1n) is 8.77. The average Bonchev–Trinajstić information content (AvgIpc) is 2.66. The number of benzene rings is 1. The summed E-state index contributed by atoms with van der Waals surface area (Å²) < 4.78 is 7.29. The Morgan fingerprint density at radius 2 is 1.96 bits per heavy atom. The third kappa shape index (κ3) is 3.35. The van der Waals surface area contributed by atoms with Crippen LogP contribution in [-0.4, -0.2) is 44.7 Å². The van der Waals surface area contributed by atoms with Gasteiger partial charge in [0.2, 0.25) is 0 Å². The van der Waals surface area contributed by atoms with Gasteiger partial charge in [-0.15, -0.1) is 0 Å². The molecule has 10 nitrogen and oxygen atoms in total. The normalized spacial score (nSPS) is 15.0. The van der Waals surface area contributed by atoms with E-state index in [1.54, 1.807) is 6.92 Å². The van der Waals surface area contributed by atoms with Gasteiger partial charge in [0.1, 0.15) is 0 Å². The molecule has 1 aromatic carbocycles. The Hall–Kier alpha value is -2.88. The molecule has 1 saturated heterocycles. The summed E-state index contributed by atoms with van der Waals surface area (Å²) in [6.07, 6.45) is 0.353. The molecule has 1 fully saturated rings. The van der Waals surface area contributed by atoms with Crippen molar-refractivity contribution in [1.29, 1.82) is 0 Å². The summed E-state index contributed by atoms with van der Waals surface area (Å²) in [5, 5.41) is 11.1. The number of carbonyl (C=O) groups excluding carboxylic acids is 1. The number of aromatic nitrogens is 2. The average molecular weight is 411 g/mol. The number of likely N-dealkylation sites (tertiary alicyclic amines) is 1. The number of nitro groups is 1. The minimum Gasteiger partial charge on any atom is -0.450 e. The van der Waals surface area contributed by atoms with Crippen LogP contribution in [0, 0.1) is 10.1 Å². The van der Waals surface area contributed by atoms with E-state index in [1.165, 1.54) is 16.5 Å². The van der Waals surface area contributed by atoms with Crippen molar-refractivity contribution >= 4 is 34.3 Å². The predicted molar refractivity (Wildman–Crippen MR) is 102 cm³/mol. The van der Waals surface area contributed by atoms with Crippen molar-refractivity contribution < 1.29 is 14.5 Å². The molecule has 0 aliphatic carbocycles. The molecule has 0 radical (unpaired) electrons. The Kier molecular flexibility index (Phi) is 5.41. The Morgan fingerprint density at radius 1 is 1.32 bits per heavy atom. The fraction of sp³-hybridized carbons (Fsp3) is 0.471. The molecule has 150 valence electrons. The highest BCUT2D eigenvalue weighted by molar-refractivity contribution is 6.35. The summed E-state index contributed by atoms with van der Waals surface area (Å²) in [5.74, 6) is 0. The van der Waals surface area contributed by atoms with Crippen LogP contribution >= 0.6 is 11.6 Å². The Balaban J connectivity index is 2.06. The van der Waals surface area contributed by atoms with Gasteiger partial charge in [0, 0.05) is 38.3 Å². The minimum absolute atomic E-state index is 0.00845. The standard InChI is InChI=1S/C17H19ClN4O6/c1-3-28-17(25)20-6-4-10(5-7-20)21-15(23)12-8-11(22(26)27)9-13(18)14(12)19(2)16(21)24/h8-10H,3-7H2,1-2H3. The van der Waals surface area contributed by atoms with Gasteiger partial charge >= 0.3 is 11.8 Å². The zero-order chi connectivity index (χ0) is 20.6. The number of nitrogens with zero attached hydrogens (tertiary/aromatic N) is 4. The number of hydrogen-bond acceptors (Lipinski definition) is 6. The van der Waals surface area contributed by atoms with Crippen LogP contribution in [0.3, 0.4) is 0 Å². The number of hydrogen-bond donors (Lipinski definition) is 0. The van der Waals surface area contributed by atoms with Crippen LogP contribution < -0.4 is 11.2 Å². The van der Waals surface area contributed by atoms with Crippen LogP contribution in [0.2, 0.25) is 5.02 Å². The molecular formula is C17H19ClN4O6. The lowest BCUT2D eigenvalue weighted by Gasteiger charge is -2.32. The maximum absolute atomic E-state index is 13.0. The quantitative estimate of drug-likeness (QED) is 0.564. The molecule has 11 heteroatoms. The molecule has 3 rings (SSSR count). The number of carbonyl (C=O) groups is 1. The number of rotatable bonds is 3. The fourth-order valence-corrected chi connectivity index (χ4v) is 3.85. The monoisotopic (exact) mass is 410 g/mol. The van der Waals surface area contributed by atoms with Gasteiger partial charge in [0.25, 0.3) is 11.2 Å². The van der Waals surface area contributed by atoms with E-state index in [-0.39, 0.29) is 28.2 Å². The van der Waals surface area contributed by atoms with Crippen molar-refractivity contribution in [2.24, 2.45) is 7.05 Å². The van der Waals surface area contributed by atoms with Crippen molar-refractivity contribution in [3.8, 4) is 0 Å². The summed E-state index contributed by atoms with van der Waals surface area (Å²) in [6.45, 7) is 2.66. The molecule has 1 aliphatic heterocycles. The van der Waals surface area contributed by atoms with Gasteiger partial charge in [0.05, 0.1) is 27.5 Å².